The molecule has 0 saturated heterocycles. The summed E-state index contributed by atoms with van der Waals surface area (Å²) in [4.78, 5) is 26.6. The van der Waals surface area contributed by atoms with E-state index in [4.69, 9.17) is 11.6 Å². The summed E-state index contributed by atoms with van der Waals surface area (Å²) in [5, 5.41) is 8.80. The van der Waals surface area contributed by atoms with E-state index in [-0.39, 0.29) is 30.1 Å². The lowest BCUT2D eigenvalue weighted by atomic mass is 10.0. The zero-order valence-electron chi connectivity index (χ0n) is 14.4. The van der Waals surface area contributed by atoms with E-state index in [0.29, 0.717) is 40.9 Å². The summed E-state index contributed by atoms with van der Waals surface area (Å²) in [5.74, 6) is -0.746. The Labute approximate surface area is 159 Å². The van der Waals surface area contributed by atoms with Crippen molar-refractivity contribution >= 4 is 34.1 Å². The van der Waals surface area contributed by atoms with Crippen LogP contribution in [0.15, 0.2) is 41.2 Å². The van der Waals surface area contributed by atoms with Crippen LogP contribution in [0.3, 0.4) is 0 Å². The molecule has 1 amide bonds. The lowest BCUT2D eigenvalue weighted by Crippen LogP contribution is -2.37. The zero-order valence-corrected chi connectivity index (χ0v) is 15.1. The van der Waals surface area contributed by atoms with Crippen molar-refractivity contribution in [3.8, 4) is 0 Å². The minimum atomic E-state index is -0.467. The maximum absolute atomic E-state index is 14.3. The highest BCUT2D eigenvalue weighted by Gasteiger charge is 2.27. The third kappa shape index (κ3) is 3.19. The van der Waals surface area contributed by atoms with Crippen molar-refractivity contribution in [1.82, 2.24) is 15.0 Å². The second-order valence-corrected chi connectivity index (χ2v) is 6.80. The van der Waals surface area contributed by atoms with Gasteiger partial charge in [-0.1, -0.05) is 28.9 Å². The summed E-state index contributed by atoms with van der Waals surface area (Å²) in [6.45, 7) is 0.491. The Kier molecular flexibility index (Phi) is 4.61. The van der Waals surface area contributed by atoms with E-state index in [1.807, 2.05) is 0 Å². The van der Waals surface area contributed by atoms with Crippen molar-refractivity contribution in [3.05, 3.63) is 63.2 Å². The first-order chi connectivity index (χ1) is 13.1. The molecule has 2 heterocycles. The Hall–Kier alpha value is -2.80. The number of aryl methyl sites for hydroxylation is 1. The summed E-state index contributed by atoms with van der Waals surface area (Å²) in [5.41, 5.74) is 1.10. The Morgan fingerprint density at radius 2 is 2.04 bits per heavy atom. The van der Waals surface area contributed by atoms with E-state index >= 15 is 0 Å². The number of hydrogen-bond donors (Lipinski definition) is 0. The molecule has 1 aliphatic rings. The SMILES string of the molecule is O=C(CCn1nnc2ccccc2c1=O)N1CCCc2c(Cl)ccc(F)c21. The van der Waals surface area contributed by atoms with E-state index in [1.54, 1.807) is 24.3 Å². The minimum absolute atomic E-state index is 0.0122. The molecule has 0 bridgehead atoms. The van der Waals surface area contributed by atoms with Crippen LogP contribution in [0.25, 0.3) is 10.9 Å². The van der Waals surface area contributed by atoms with Crippen molar-refractivity contribution < 1.29 is 9.18 Å². The highest BCUT2D eigenvalue weighted by Crippen LogP contribution is 2.35. The van der Waals surface area contributed by atoms with Gasteiger partial charge in [-0.3, -0.25) is 9.59 Å². The van der Waals surface area contributed by atoms with Crippen molar-refractivity contribution in [2.24, 2.45) is 0 Å². The molecule has 0 N–H and O–H groups in total. The van der Waals surface area contributed by atoms with Crippen molar-refractivity contribution in [3.63, 3.8) is 0 Å². The highest BCUT2D eigenvalue weighted by atomic mass is 35.5. The lowest BCUT2D eigenvalue weighted by Gasteiger charge is -2.30. The number of rotatable bonds is 3. The Morgan fingerprint density at radius 1 is 1.22 bits per heavy atom. The van der Waals surface area contributed by atoms with Gasteiger partial charge in [-0.2, -0.15) is 0 Å². The molecule has 138 valence electrons. The predicted molar refractivity (Wildman–Crippen MR) is 100 cm³/mol. The molecule has 0 aliphatic carbocycles. The van der Waals surface area contributed by atoms with Gasteiger partial charge in [-0.05, 0) is 42.7 Å². The first kappa shape index (κ1) is 17.6. The van der Waals surface area contributed by atoms with Crippen LogP contribution in [0, 0.1) is 5.82 Å². The fourth-order valence-electron chi connectivity index (χ4n) is 3.39. The van der Waals surface area contributed by atoms with Crippen LogP contribution in [0.5, 0.6) is 0 Å². The van der Waals surface area contributed by atoms with E-state index in [0.717, 1.165) is 0 Å². The minimum Gasteiger partial charge on any atom is -0.309 e. The summed E-state index contributed by atoms with van der Waals surface area (Å²) in [6.07, 6.45) is 1.35. The fraction of sp³-hybridized carbons (Fsp3) is 0.263. The number of carbonyl (C=O) groups is 1. The second kappa shape index (κ2) is 7.08. The molecule has 1 aliphatic heterocycles. The molecule has 0 fully saturated rings. The van der Waals surface area contributed by atoms with E-state index in [2.05, 4.69) is 10.3 Å². The molecule has 8 heteroatoms. The van der Waals surface area contributed by atoms with Gasteiger partial charge in [0.15, 0.2) is 0 Å². The molecule has 3 aromatic rings. The van der Waals surface area contributed by atoms with Gasteiger partial charge in [-0.25, -0.2) is 9.07 Å². The number of aromatic nitrogens is 3. The average Bonchev–Trinajstić information content (AvgIpc) is 2.70. The molecular formula is C19H16ClFN4O2. The smallest absolute Gasteiger partial charge is 0.277 e. The largest absolute Gasteiger partial charge is 0.309 e. The second-order valence-electron chi connectivity index (χ2n) is 6.39. The zero-order chi connectivity index (χ0) is 19.0. The van der Waals surface area contributed by atoms with Gasteiger partial charge in [0.2, 0.25) is 5.91 Å². The van der Waals surface area contributed by atoms with E-state index in [9.17, 15) is 14.0 Å². The number of benzene rings is 2. The average molecular weight is 387 g/mol. The molecule has 1 aromatic heterocycles. The number of hydrogen-bond acceptors (Lipinski definition) is 4. The number of halogens is 2. The molecule has 0 unspecified atom stereocenters. The monoisotopic (exact) mass is 386 g/mol. The Balaban J connectivity index is 1.58. The topological polar surface area (TPSA) is 68.1 Å². The molecule has 2 aromatic carbocycles. The van der Waals surface area contributed by atoms with Crippen LogP contribution in [0.2, 0.25) is 5.02 Å². The third-order valence-corrected chi connectivity index (χ3v) is 5.08. The molecule has 0 saturated carbocycles. The lowest BCUT2D eigenvalue weighted by molar-refractivity contribution is -0.119. The summed E-state index contributed by atoms with van der Waals surface area (Å²) < 4.78 is 15.5. The highest BCUT2D eigenvalue weighted by molar-refractivity contribution is 6.32. The molecule has 0 spiro atoms. The van der Waals surface area contributed by atoms with Gasteiger partial charge >= 0.3 is 0 Å². The summed E-state index contributed by atoms with van der Waals surface area (Å²) >= 11 is 6.17. The Morgan fingerprint density at radius 3 is 2.89 bits per heavy atom. The van der Waals surface area contributed by atoms with Gasteiger partial charge in [0, 0.05) is 18.0 Å². The van der Waals surface area contributed by atoms with Gasteiger partial charge in [0.25, 0.3) is 5.56 Å². The molecule has 0 atom stereocenters. The van der Waals surface area contributed by atoms with E-state index < -0.39 is 5.82 Å². The molecular weight excluding hydrogens is 371 g/mol. The van der Waals surface area contributed by atoms with Gasteiger partial charge in [0.05, 0.1) is 17.6 Å². The first-order valence-corrected chi connectivity index (χ1v) is 9.04. The third-order valence-electron chi connectivity index (χ3n) is 4.72. The number of amides is 1. The van der Waals surface area contributed by atoms with Crippen LogP contribution in [-0.2, 0) is 17.8 Å². The van der Waals surface area contributed by atoms with Crippen LogP contribution in [0.1, 0.15) is 18.4 Å². The summed E-state index contributed by atoms with van der Waals surface area (Å²) in [6, 6.07) is 9.68. The molecule has 0 radical (unpaired) electrons. The quantitative estimate of drug-likeness (QED) is 0.694. The molecule has 6 nitrogen and oxygen atoms in total. The number of fused-ring (bicyclic) bond motifs is 2. The molecule has 27 heavy (non-hydrogen) atoms. The standard InChI is InChI=1S/C19H16ClFN4O2/c20-14-7-8-15(21)18-12(14)5-3-10-24(18)17(26)9-11-25-19(27)13-4-1-2-6-16(13)22-23-25/h1-2,4,6-8H,3,5,9-11H2. The Bertz CT molecular complexity index is 1100. The van der Waals surface area contributed by atoms with Crippen molar-refractivity contribution in [2.45, 2.75) is 25.8 Å². The maximum atomic E-state index is 14.3. The molecule has 4 rings (SSSR count). The maximum Gasteiger partial charge on any atom is 0.277 e. The number of nitrogens with zero attached hydrogens (tertiary/aromatic N) is 4. The van der Waals surface area contributed by atoms with Gasteiger partial charge in [-0.15, -0.1) is 5.10 Å². The van der Waals surface area contributed by atoms with Crippen LogP contribution in [-0.4, -0.2) is 27.4 Å². The van der Waals surface area contributed by atoms with Crippen molar-refractivity contribution in [2.75, 3.05) is 11.4 Å². The van der Waals surface area contributed by atoms with Crippen LogP contribution in [0.4, 0.5) is 10.1 Å². The van der Waals surface area contributed by atoms with E-state index in [1.165, 1.54) is 21.7 Å². The summed E-state index contributed by atoms with van der Waals surface area (Å²) in [7, 11) is 0. The normalized spacial score (nSPS) is 13.6. The van der Waals surface area contributed by atoms with Gasteiger partial charge < -0.3 is 4.90 Å². The first-order valence-electron chi connectivity index (χ1n) is 8.66. The predicted octanol–water partition coefficient (Wildman–Crippen LogP) is 2.95. The fourth-order valence-corrected chi connectivity index (χ4v) is 3.64. The van der Waals surface area contributed by atoms with Gasteiger partial charge in [0.1, 0.15) is 11.3 Å². The van der Waals surface area contributed by atoms with Crippen molar-refractivity contribution in [1.29, 1.82) is 0 Å². The number of anilines is 1. The van der Waals surface area contributed by atoms with Crippen LogP contribution < -0.4 is 10.5 Å². The number of carbonyl (C=O) groups excluding carboxylic acids is 1. The van der Waals surface area contributed by atoms with Crippen LogP contribution >= 0.6 is 11.6 Å².